The molecule has 0 amide bonds. The van der Waals surface area contributed by atoms with Gasteiger partial charge in [-0.05, 0) is 72.1 Å². The molecule has 0 spiro atoms. The first-order chi connectivity index (χ1) is 14.4. The summed E-state index contributed by atoms with van der Waals surface area (Å²) in [6.45, 7) is 4.89. The largest absolute Gasteiger partial charge is 0.496 e. The Morgan fingerprint density at radius 1 is 1.10 bits per heavy atom. The molecule has 0 radical (unpaired) electrons. The van der Waals surface area contributed by atoms with Gasteiger partial charge in [-0.2, -0.15) is 13.2 Å². The van der Waals surface area contributed by atoms with Crippen molar-refractivity contribution in [2.75, 3.05) is 7.11 Å². The van der Waals surface area contributed by atoms with Crippen molar-refractivity contribution in [1.29, 1.82) is 0 Å². The second-order valence-electron chi connectivity index (χ2n) is 8.99. The molecule has 0 aliphatic heterocycles. The molecule has 168 valence electrons. The van der Waals surface area contributed by atoms with Crippen LogP contribution >= 0.6 is 0 Å². The third-order valence-corrected chi connectivity index (χ3v) is 6.17. The van der Waals surface area contributed by atoms with Gasteiger partial charge in [0, 0.05) is 12.0 Å². The number of hydrogen-bond acceptors (Lipinski definition) is 2. The minimum absolute atomic E-state index is 0.282. The van der Waals surface area contributed by atoms with E-state index in [9.17, 15) is 22.7 Å². The Bertz CT molecular complexity index is 992. The summed E-state index contributed by atoms with van der Waals surface area (Å²) < 4.78 is 62.0. The van der Waals surface area contributed by atoms with Gasteiger partial charge in [0.1, 0.15) is 11.6 Å². The van der Waals surface area contributed by atoms with E-state index in [4.69, 9.17) is 4.74 Å². The van der Waals surface area contributed by atoms with Gasteiger partial charge in [0.15, 0.2) is 5.60 Å². The van der Waals surface area contributed by atoms with Crippen LogP contribution in [0.1, 0.15) is 54.5 Å². The van der Waals surface area contributed by atoms with Crippen LogP contribution in [-0.4, -0.2) is 24.0 Å². The van der Waals surface area contributed by atoms with Gasteiger partial charge in [-0.3, -0.25) is 0 Å². The number of halogens is 4. The molecule has 0 aromatic heterocycles. The highest BCUT2D eigenvalue weighted by molar-refractivity contribution is 5.62. The second-order valence-corrected chi connectivity index (χ2v) is 8.99. The molecule has 6 heteroatoms. The molecule has 0 bridgehead atoms. The van der Waals surface area contributed by atoms with E-state index in [1.807, 2.05) is 24.3 Å². The highest BCUT2D eigenvalue weighted by atomic mass is 19.4. The molecular weight excluding hydrogens is 408 g/mol. The van der Waals surface area contributed by atoms with Crippen molar-refractivity contribution in [2.24, 2.45) is 0 Å². The number of hydrogen-bond donors (Lipinski definition) is 1. The Labute approximate surface area is 180 Å². The van der Waals surface area contributed by atoms with Crippen molar-refractivity contribution in [3.63, 3.8) is 0 Å². The van der Waals surface area contributed by atoms with Crippen LogP contribution in [0, 0.1) is 12.7 Å². The van der Waals surface area contributed by atoms with E-state index < -0.39 is 35.9 Å². The minimum Gasteiger partial charge on any atom is -0.496 e. The number of benzene rings is 2. The molecule has 2 aromatic carbocycles. The van der Waals surface area contributed by atoms with Crippen LogP contribution in [0.3, 0.4) is 0 Å². The lowest BCUT2D eigenvalue weighted by molar-refractivity contribution is -0.266. The molecule has 0 saturated carbocycles. The van der Waals surface area contributed by atoms with E-state index >= 15 is 0 Å². The van der Waals surface area contributed by atoms with Crippen LogP contribution in [-0.2, 0) is 18.3 Å². The van der Waals surface area contributed by atoms with E-state index in [0.29, 0.717) is 11.1 Å². The van der Waals surface area contributed by atoms with E-state index in [1.165, 1.54) is 25.3 Å². The SMILES string of the molecule is COc1ccc(F)cc1C(C)(C)CC(O)(Cc1c(C)ccc2c1C=CCC2)C(F)(F)F. The number of alkyl halides is 3. The molecule has 0 saturated heterocycles. The highest BCUT2D eigenvalue weighted by Gasteiger charge is 2.56. The monoisotopic (exact) mass is 436 g/mol. The maximum atomic E-state index is 14.3. The summed E-state index contributed by atoms with van der Waals surface area (Å²) in [5.41, 5.74) is -0.988. The van der Waals surface area contributed by atoms with Crippen molar-refractivity contribution in [2.45, 2.75) is 63.6 Å². The summed E-state index contributed by atoms with van der Waals surface area (Å²) in [5.74, 6) is -0.287. The average Bonchev–Trinajstić information content (AvgIpc) is 2.69. The molecule has 3 rings (SSSR count). The number of ether oxygens (including phenoxy) is 1. The smallest absolute Gasteiger partial charge is 0.417 e. The van der Waals surface area contributed by atoms with Crippen molar-refractivity contribution >= 4 is 6.08 Å². The van der Waals surface area contributed by atoms with E-state index in [1.54, 1.807) is 20.8 Å². The van der Waals surface area contributed by atoms with Gasteiger partial charge >= 0.3 is 6.18 Å². The fraction of sp³-hybridized carbons (Fsp3) is 0.440. The summed E-state index contributed by atoms with van der Waals surface area (Å²) in [5, 5.41) is 11.1. The minimum atomic E-state index is -4.88. The number of rotatable bonds is 6. The molecule has 2 aromatic rings. The molecule has 1 N–H and O–H groups in total. The van der Waals surface area contributed by atoms with Crippen LogP contribution in [0.4, 0.5) is 17.6 Å². The normalized spacial score (nSPS) is 16.0. The maximum Gasteiger partial charge on any atom is 0.417 e. The molecule has 1 unspecified atom stereocenters. The Hall–Kier alpha value is -2.34. The molecular formula is C25H28F4O2. The Morgan fingerprint density at radius 2 is 1.81 bits per heavy atom. The van der Waals surface area contributed by atoms with Gasteiger partial charge < -0.3 is 9.84 Å². The average molecular weight is 436 g/mol. The van der Waals surface area contributed by atoms with E-state index in [2.05, 4.69) is 0 Å². The molecule has 1 atom stereocenters. The van der Waals surface area contributed by atoms with Crippen LogP contribution in [0.25, 0.3) is 6.08 Å². The van der Waals surface area contributed by atoms with Crippen molar-refractivity contribution in [3.8, 4) is 5.75 Å². The first-order valence-electron chi connectivity index (χ1n) is 10.3. The third-order valence-electron chi connectivity index (χ3n) is 6.17. The lowest BCUT2D eigenvalue weighted by atomic mass is 9.71. The predicted molar refractivity (Wildman–Crippen MR) is 114 cm³/mol. The molecule has 0 heterocycles. The van der Waals surface area contributed by atoms with Crippen molar-refractivity contribution in [3.05, 3.63) is 70.0 Å². The number of methoxy groups -OCH3 is 1. The number of aryl methyl sites for hydroxylation is 2. The van der Waals surface area contributed by atoms with Crippen molar-refractivity contribution < 1.29 is 27.4 Å². The van der Waals surface area contributed by atoms with Gasteiger partial charge in [0.05, 0.1) is 7.11 Å². The number of allylic oxidation sites excluding steroid dienone is 1. The lowest BCUT2D eigenvalue weighted by Gasteiger charge is -2.39. The van der Waals surface area contributed by atoms with Gasteiger partial charge in [-0.15, -0.1) is 0 Å². The van der Waals surface area contributed by atoms with Gasteiger partial charge in [-0.1, -0.05) is 38.1 Å². The topological polar surface area (TPSA) is 29.5 Å². The predicted octanol–water partition coefficient (Wildman–Crippen LogP) is 6.31. The molecule has 1 aliphatic carbocycles. The summed E-state index contributed by atoms with van der Waals surface area (Å²) in [4.78, 5) is 0. The maximum absolute atomic E-state index is 14.3. The fourth-order valence-electron chi connectivity index (χ4n) is 4.51. The van der Waals surface area contributed by atoms with Crippen molar-refractivity contribution in [1.82, 2.24) is 0 Å². The summed E-state index contributed by atoms with van der Waals surface area (Å²) in [7, 11) is 1.38. The quantitative estimate of drug-likeness (QED) is 0.538. The Balaban J connectivity index is 2.06. The molecule has 0 fully saturated rings. The summed E-state index contributed by atoms with van der Waals surface area (Å²) in [6.07, 6.45) is -0.704. The summed E-state index contributed by atoms with van der Waals surface area (Å²) >= 11 is 0. The number of fused-ring (bicyclic) bond motifs is 1. The van der Waals surface area contributed by atoms with E-state index in [0.717, 1.165) is 24.0 Å². The van der Waals surface area contributed by atoms with Gasteiger partial charge in [-0.25, -0.2) is 4.39 Å². The first kappa shape index (κ1) is 23.3. The van der Waals surface area contributed by atoms with Crippen LogP contribution < -0.4 is 4.74 Å². The first-order valence-corrected chi connectivity index (χ1v) is 10.3. The second kappa shape index (κ2) is 8.30. The lowest BCUT2D eigenvalue weighted by Crippen LogP contribution is -2.51. The van der Waals surface area contributed by atoms with Crippen LogP contribution in [0.2, 0.25) is 0 Å². The Kier molecular flexibility index (Phi) is 6.25. The highest BCUT2D eigenvalue weighted by Crippen LogP contribution is 2.46. The van der Waals surface area contributed by atoms with Crippen LogP contribution in [0.5, 0.6) is 5.75 Å². The third kappa shape index (κ3) is 4.64. The van der Waals surface area contributed by atoms with Crippen LogP contribution in [0.15, 0.2) is 36.4 Å². The molecule has 1 aliphatic rings. The standard InChI is InChI=1S/C25H28F4O2/c1-16-9-10-17-7-5-6-8-19(17)20(16)14-24(30,25(27,28)29)15-23(2,3)21-13-18(26)11-12-22(21)31-4/h6,8-13,30H,5,7,14-15H2,1-4H3. The zero-order valence-electron chi connectivity index (χ0n) is 18.2. The number of aliphatic hydroxyl groups is 1. The molecule has 2 nitrogen and oxygen atoms in total. The zero-order valence-corrected chi connectivity index (χ0v) is 18.2. The zero-order chi connectivity index (χ0) is 23.0. The fourth-order valence-corrected chi connectivity index (χ4v) is 4.51. The van der Waals surface area contributed by atoms with Gasteiger partial charge in [0.25, 0.3) is 0 Å². The van der Waals surface area contributed by atoms with Gasteiger partial charge in [0.2, 0.25) is 0 Å². The molecule has 31 heavy (non-hydrogen) atoms. The Morgan fingerprint density at radius 3 is 2.45 bits per heavy atom. The summed E-state index contributed by atoms with van der Waals surface area (Å²) in [6, 6.07) is 7.51. The van der Waals surface area contributed by atoms with E-state index in [-0.39, 0.29) is 11.3 Å².